The highest BCUT2D eigenvalue weighted by atomic mass is 32.2. The molecule has 0 bridgehead atoms. The van der Waals surface area contributed by atoms with Crippen molar-refractivity contribution in [2.24, 2.45) is 0 Å². The highest BCUT2D eigenvalue weighted by molar-refractivity contribution is 7.99. The van der Waals surface area contributed by atoms with Crippen LogP contribution in [-0.4, -0.2) is 11.9 Å². The van der Waals surface area contributed by atoms with E-state index in [1.807, 2.05) is 0 Å². The van der Waals surface area contributed by atoms with Crippen LogP contribution in [0.4, 0.5) is 23.2 Å². The van der Waals surface area contributed by atoms with Gasteiger partial charge in [0.25, 0.3) is 0 Å². The molecule has 1 aromatic rings. The maximum absolute atomic E-state index is 13.0. The molecule has 0 aliphatic heterocycles. The average Bonchev–Trinajstić information content (AvgIpc) is 2.17. The van der Waals surface area contributed by atoms with Gasteiger partial charge in [-0.05, 0) is 30.4 Å². The molecule has 0 spiro atoms. The van der Waals surface area contributed by atoms with Crippen molar-refractivity contribution in [3.63, 3.8) is 0 Å². The van der Waals surface area contributed by atoms with E-state index in [0.29, 0.717) is 10.6 Å². The zero-order chi connectivity index (χ0) is 12.2. The van der Waals surface area contributed by atoms with E-state index in [1.165, 1.54) is 23.9 Å². The number of benzene rings is 1. The number of hydrogen-bond donors (Lipinski definition) is 1. The van der Waals surface area contributed by atoms with Gasteiger partial charge in [-0.1, -0.05) is 0 Å². The third-order valence-electron chi connectivity index (χ3n) is 1.85. The Morgan fingerprint density at radius 2 is 1.94 bits per heavy atom. The zero-order valence-electron chi connectivity index (χ0n) is 8.35. The summed E-state index contributed by atoms with van der Waals surface area (Å²) in [7, 11) is 0. The number of alkyl halides is 3. The molecular weight excluding hydrogens is 242 g/mol. The SMILES string of the molecule is Nc1ccc(SCCCC(F)(F)F)cc1F. The third kappa shape index (κ3) is 4.74. The lowest BCUT2D eigenvalue weighted by Crippen LogP contribution is -2.06. The van der Waals surface area contributed by atoms with E-state index in [0.717, 1.165) is 0 Å². The summed E-state index contributed by atoms with van der Waals surface area (Å²) in [6.45, 7) is 0. The Hall–Kier alpha value is -0.910. The van der Waals surface area contributed by atoms with E-state index in [1.54, 1.807) is 6.07 Å². The van der Waals surface area contributed by atoms with Crippen LogP contribution in [0.2, 0.25) is 0 Å². The Morgan fingerprint density at radius 3 is 2.50 bits per heavy atom. The van der Waals surface area contributed by atoms with Gasteiger partial charge in [0.1, 0.15) is 5.82 Å². The molecule has 0 amide bonds. The van der Waals surface area contributed by atoms with Gasteiger partial charge in [0, 0.05) is 11.3 Å². The Kier molecular flexibility index (Phi) is 4.46. The fraction of sp³-hybridized carbons (Fsp3) is 0.400. The lowest BCUT2D eigenvalue weighted by Gasteiger charge is -2.06. The fourth-order valence-electron chi connectivity index (χ4n) is 1.06. The molecule has 0 radical (unpaired) electrons. The van der Waals surface area contributed by atoms with Crippen LogP contribution in [-0.2, 0) is 0 Å². The standard InChI is InChI=1S/C10H11F4NS/c11-8-6-7(2-3-9(8)15)16-5-1-4-10(12,13)14/h2-3,6H,1,4-5,15H2. The van der Waals surface area contributed by atoms with Crippen LogP contribution in [0.5, 0.6) is 0 Å². The first kappa shape index (κ1) is 13.2. The number of thioether (sulfide) groups is 1. The molecule has 0 fully saturated rings. The molecule has 0 heterocycles. The molecule has 6 heteroatoms. The van der Waals surface area contributed by atoms with E-state index < -0.39 is 18.4 Å². The molecule has 90 valence electrons. The topological polar surface area (TPSA) is 26.0 Å². The van der Waals surface area contributed by atoms with Crippen molar-refractivity contribution in [2.75, 3.05) is 11.5 Å². The van der Waals surface area contributed by atoms with E-state index in [9.17, 15) is 17.6 Å². The molecule has 0 aliphatic rings. The lowest BCUT2D eigenvalue weighted by molar-refractivity contribution is -0.134. The first-order valence-electron chi connectivity index (χ1n) is 4.63. The van der Waals surface area contributed by atoms with Crippen molar-refractivity contribution in [2.45, 2.75) is 23.9 Å². The second-order valence-electron chi connectivity index (χ2n) is 3.25. The minimum Gasteiger partial charge on any atom is -0.396 e. The predicted octanol–water partition coefficient (Wildman–Crippen LogP) is 3.84. The summed E-state index contributed by atoms with van der Waals surface area (Å²) in [5.41, 5.74) is 5.31. The van der Waals surface area contributed by atoms with Gasteiger partial charge in [-0.15, -0.1) is 11.8 Å². The highest BCUT2D eigenvalue weighted by Crippen LogP contribution is 2.26. The number of anilines is 1. The van der Waals surface area contributed by atoms with Gasteiger partial charge in [0.15, 0.2) is 0 Å². The van der Waals surface area contributed by atoms with Crippen molar-refractivity contribution in [3.05, 3.63) is 24.0 Å². The van der Waals surface area contributed by atoms with Gasteiger partial charge in [0.2, 0.25) is 0 Å². The molecule has 16 heavy (non-hydrogen) atoms. The van der Waals surface area contributed by atoms with E-state index >= 15 is 0 Å². The van der Waals surface area contributed by atoms with Crippen molar-refractivity contribution >= 4 is 17.4 Å². The second-order valence-corrected chi connectivity index (χ2v) is 4.42. The van der Waals surface area contributed by atoms with Gasteiger partial charge in [0.05, 0.1) is 5.69 Å². The first-order valence-corrected chi connectivity index (χ1v) is 5.61. The number of rotatable bonds is 4. The summed E-state index contributed by atoms with van der Waals surface area (Å²) < 4.78 is 48.4. The van der Waals surface area contributed by atoms with Crippen LogP contribution in [0.3, 0.4) is 0 Å². The molecule has 0 aromatic heterocycles. The van der Waals surface area contributed by atoms with Crippen LogP contribution in [0.25, 0.3) is 0 Å². The fourth-order valence-corrected chi connectivity index (χ4v) is 1.94. The molecule has 0 saturated carbocycles. The summed E-state index contributed by atoms with van der Waals surface area (Å²) in [5, 5.41) is 0. The molecule has 0 aliphatic carbocycles. The Morgan fingerprint density at radius 1 is 1.25 bits per heavy atom. The summed E-state index contributed by atoms with van der Waals surface area (Å²) in [6, 6.07) is 4.23. The van der Waals surface area contributed by atoms with Crippen molar-refractivity contribution in [1.29, 1.82) is 0 Å². The molecule has 0 atom stereocenters. The molecule has 1 aromatic carbocycles. The Balaban J connectivity index is 2.35. The maximum Gasteiger partial charge on any atom is 0.389 e. The smallest absolute Gasteiger partial charge is 0.389 e. The van der Waals surface area contributed by atoms with Gasteiger partial charge < -0.3 is 5.73 Å². The molecular formula is C10H11F4NS. The van der Waals surface area contributed by atoms with Gasteiger partial charge in [-0.25, -0.2) is 4.39 Å². The maximum atomic E-state index is 13.0. The van der Waals surface area contributed by atoms with Crippen LogP contribution in [0.15, 0.2) is 23.1 Å². The van der Waals surface area contributed by atoms with Crippen LogP contribution in [0, 0.1) is 5.82 Å². The van der Waals surface area contributed by atoms with Crippen molar-refractivity contribution in [1.82, 2.24) is 0 Å². The average molecular weight is 253 g/mol. The molecule has 0 unspecified atom stereocenters. The number of hydrogen-bond acceptors (Lipinski definition) is 2. The van der Waals surface area contributed by atoms with Crippen LogP contribution in [0.1, 0.15) is 12.8 Å². The Labute approximate surface area is 95.0 Å². The van der Waals surface area contributed by atoms with Crippen molar-refractivity contribution < 1.29 is 17.6 Å². The van der Waals surface area contributed by atoms with E-state index in [4.69, 9.17) is 5.73 Å². The summed E-state index contributed by atoms with van der Waals surface area (Å²) in [5.74, 6) is -0.233. The monoisotopic (exact) mass is 253 g/mol. The van der Waals surface area contributed by atoms with Crippen LogP contribution < -0.4 is 5.73 Å². The normalized spacial score (nSPS) is 11.8. The summed E-state index contributed by atoms with van der Waals surface area (Å²) >= 11 is 1.19. The number of nitrogen functional groups attached to an aromatic ring is 1. The Bertz CT molecular complexity index is 351. The molecule has 2 N–H and O–H groups in total. The number of nitrogens with two attached hydrogens (primary N) is 1. The minimum atomic E-state index is -4.12. The van der Waals surface area contributed by atoms with Gasteiger partial charge in [-0.2, -0.15) is 13.2 Å². The summed E-state index contributed by atoms with van der Waals surface area (Å²) in [4.78, 5) is 0.592. The number of halogens is 4. The molecule has 1 rings (SSSR count). The third-order valence-corrected chi connectivity index (χ3v) is 2.93. The molecule has 1 nitrogen and oxygen atoms in total. The van der Waals surface area contributed by atoms with Crippen molar-refractivity contribution in [3.8, 4) is 0 Å². The van der Waals surface area contributed by atoms with Crippen LogP contribution >= 0.6 is 11.8 Å². The van der Waals surface area contributed by atoms with E-state index in [2.05, 4.69) is 0 Å². The largest absolute Gasteiger partial charge is 0.396 e. The van der Waals surface area contributed by atoms with Gasteiger partial charge in [-0.3, -0.25) is 0 Å². The van der Waals surface area contributed by atoms with E-state index in [-0.39, 0.29) is 12.1 Å². The highest BCUT2D eigenvalue weighted by Gasteiger charge is 2.25. The first-order chi connectivity index (χ1) is 7.38. The predicted molar refractivity (Wildman–Crippen MR) is 56.8 cm³/mol. The summed E-state index contributed by atoms with van der Waals surface area (Å²) in [6.07, 6.45) is -4.90. The quantitative estimate of drug-likeness (QED) is 0.382. The lowest BCUT2D eigenvalue weighted by atomic mass is 10.3. The van der Waals surface area contributed by atoms with Gasteiger partial charge >= 0.3 is 6.18 Å². The molecule has 0 saturated heterocycles. The minimum absolute atomic E-state index is 0.0279. The second kappa shape index (κ2) is 5.43. The zero-order valence-corrected chi connectivity index (χ0v) is 9.17.